The first kappa shape index (κ1) is 17.9. The number of hydrogen-bond acceptors (Lipinski definition) is 4. The molecule has 0 saturated carbocycles. The zero-order valence-electron chi connectivity index (χ0n) is 14.9. The Hall–Kier alpha value is -2.89. The number of carbonyl (C=O) groups excluding carboxylic acids is 3. The minimum absolute atomic E-state index is 0.0663. The zero-order chi connectivity index (χ0) is 18.7. The van der Waals surface area contributed by atoms with E-state index in [1.54, 1.807) is 0 Å². The Morgan fingerprint density at radius 2 is 2.04 bits per heavy atom. The number of carbonyl (C=O) groups is 3. The molecule has 0 bridgehead atoms. The first-order chi connectivity index (χ1) is 12.5. The van der Waals surface area contributed by atoms with E-state index in [2.05, 4.69) is 16.4 Å². The van der Waals surface area contributed by atoms with Gasteiger partial charge in [-0.3, -0.25) is 9.59 Å². The highest BCUT2D eigenvalue weighted by Gasteiger charge is 2.26. The largest absolute Gasteiger partial charge is 0.448 e. The lowest BCUT2D eigenvalue weighted by Crippen LogP contribution is -2.39. The van der Waals surface area contributed by atoms with Crippen LogP contribution in [0.15, 0.2) is 36.5 Å². The van der Waals surface area contributed by atoms with E-state index in [1.807, 2.05) is 18.2 Å². The summed E-state index contributed by atoms with van der Waals surface area (Å²) in [5, 5.41) is 2.97. The van der Waals surface area contributed by atoms with Crippen molar-refractivity contribution in [2.24, 2.45) is 0 Å². The molecule has 0 spiro atoms. The average molecular weight is 354 g/mol. The molecule has 2 N–H and O–H groups in total. The van der Waals surface area contributed by atoms with Gasteiger partial charge >= 0.3 is 5.97 Å². The Balaban J connectivity index is 1.61. The number of aromatic nitrogens is 1. The third-order valence-corrected chi connectivity index (χ3v) is 4.65. The van der Waals surface area contributed by atoms with Crippen LogP contribution in [0.3, 0.4) is 0 Å². The third kappa shape index (κ3) is 3.85. The van der Waals surface area contributed by atoms with E-state index in [0.717, 1.165) is 24.8 Å². The fourth-order valence-electron chi connectivity index (χ4n) is 3.19. The standard InChI is InChI=1S/C20H22N2O4/c1-12(23)15-10-18(21-11-15)20(25)26-13(2)19(24)22-17-9-5-7-14-6-3-4-8-16(14)17/h3-4,6,8,10-11,13,17,21H,5,7,9H2,1-2H3,(H,22,24)/t13-,17+/m0/s1. The predicted octanol–water partition coefficient (Wildman–Crippen LogP) is 2.96. The average Bonchev–Trinajstić information content (AvgIpc) is 3.12. The SMILES string of the molecule is CC(=O)c1c[nH]c(C(=O)O[C@@H](C)C(=O)N[C@@H]2CCCc3ccccc32)c1. The van der Waals surface area contributed by atoms with Crippen molar-refractivity contribution in [1.29, 1.82) is 0 Å². The molecule has 0 saturated heterocycles. The van der Waals surface area contributed by atoms with Gasteiger partial charge in [0.05, 0.1) is 6.04 Å². The number of aryl methyl sites for hydroxylation is 1. The quantitative estimate of drug-likeness (QED) is 0.638. The summed E-state index contributed by atoms with van der Waals surface area (Å²) >= 11 is 0. The molecule has 0 aliphatic heterocycles. The van der Waals surface area contributed by atoms with E-state index in [0.29, 0.717) is 5.56 Å². The van der Waals surface area contributed by atoms with Crippen LogP contribution in [0.4, 0.5) is 0 Å². The maximum atomic E-state index is 12.4. The van der Waals surface area contributed by atoms with Crippen molar-refractivity contribution < 1.29 is 19.1 Å². The summed E-state index contributed by atoms with van der Waals surface area (Å²) in [4.78, 5) is 38.6. The molecular formula is C20H22N2O4. The molecule has 26 heavy (non-hydrogen) atoms. The second-order valence-electron chi connectivity index (χ2n) is 6.56. The number of benzene rings is 1. The van der Waals surface area contributed by atoms with Crippen molar-refractivity contribution in [2.45, 2.75) is 45.3 Å². The molecule has 3 rings (SSSR count). The molecule has 1 heterocycles. The van der Waals surface area contributed by atoms with Crippen LogP contribution in [0.2, 0.25) is 0 Å². The lowest BCUT2D eigenvalue weighted by Gasteiger charge is -2.27. The van der Waals surface area contributed by atoms with Gasteiger partial charge in [0.2, 0.25) is 0 Å². The highest BCUT2D eigenvalue weighted by atomic mass is 16.5. The number of ether oxygens (including phenoxy) is 1. The van der Waals surface area contributed by atoms with Gasteiger partial charge in [-0.25, -0.2) is 4.79 Å². The molecule has 1 aromatic heterocycles. The molecule has 0 radical (unpaired) electrons. The van der Waals surface area contributed by atoms with E-state index in [4.69, 9.17) is 4.74 Å². The summed E-state index contributed by atoms with van der Waals surface area (Å²) in [6.45, 7) is 2.95. The van der Waals surface area contributed by atoms with Gasteiger partial charge in [-0.2, -0.15) is 0 Å². The maximum absolute atomic E-state index is 12.4. The van der Waals surface area contributed by atoms with Crippen LogP contribution in [0.25, 0.3) is 0 Å². The summed E-state index contributed by atoms with van der Waals surface area (Å²) in [6.07, 6.45) is 3.40. The molecule has 2 aromatic rings. The lowest BCUT2D eigenvalue weighted by atomic mass is 9.87. The van der Waals surface area contributed by atoms with E-state index >= 15 is 0 Å². The Labute approximate surface area is 151 Å². The topological polar surface area (TPSA) is 88.3 Å². The van der Waals surface area contributed by atoms with Crippen LogP contribution >= 0.6 is 0 Å². The second kappa shape index (κ2) is 7.56. The van der Waals surface area contributed by atoms with Gasteiger partial charge in [0.1, 0.15) is 5.69 Å². The Morgan fingerprint density at radius 3 is 2.77 bits per heavy atom. The van der Waals surface area contributed by atoms with Gasteiger partial charge in [0, 0.05) is 11.8 Å². The zero-order valence-corrected chi connectivity index (χ0v) is 14.9. The fraction of sp³-hybridized carbons (Fsp3) is 0.350. The summed E-state index contributed by atoms with van der Waals surface area (Å²) in [7, 11) is 0. The van der Waals surface area contributed by atoms with Crippen molar-refractivity contribution in [2.75, 3.05) is 0 Å². The van der Waals surface area contributed by atoms with Gasteiger partial charge in [-0.1, -0.05) is 24.3 Å². The number of esters is 1. The van der Waals surface area contributed by atoms with E-state index in [-0.39, 0.29) is 23.4 Å². The number of ketones is 1. The highest BCUT2D eigenvalue weighted by Crippen LogP contribution is 2.29. The maximum Gasteiger partial charge on any atom is 0.355 e. The van der Waals surface area contributed by atoms with Crippen LogP contribution < -0.4 is 5.32 Å². The molecule has 1 aromatic carbocycles. The van der Waals surface area contributed by atoms with Gasteiger partial charge < -0.3 is 15.0 Å². The minimum atomic E-state index is -0.930. The molecule has 136 valence electrons. The summed E-state index contributed by atoms with van der Waals surface area (Å²) < 4.78 is 5.23. The molecule has 6 heteroatoms. The minimum Gasteiger partial charge on any atom is -0.448 e. The number of aromatic amines is 1. The first-order valence-corrected chi connectivity index (χ1v) is 8.74. The van der Waals surface area contributed by atoms with Crippen molar-refractivity contribution in [3.63, 3.8) is 0 Å². The molecule has 0 fully saturated rings. The Bertz CT molecular complexity index is 840. The summed E-state index contributed by atoms with van der Waals surface area (Å²) in [6, 6.07) is 9.42. The molecule has 6 nitrogen and oxygen atoms in total. The summed E-state index contributed by atoms with van der Waals surface area (Å²) in [5.74, 6) is -1.15. The van der Waals surface area contributed by atoms with Crippen LogP contribution in [-0.2, 0) is 16.0 Å². The molecule has 1 aliphatic carbocycles. The predicted molar refractivity (Wildman–Crippen MR) is 95.9 cm³/mol. The number of Topliss-reactive ketones (excluding diaryl/α,β-unsaturated/α-hetero) is 1. The summed E-state index contributed by atoms with van der Waals surface area (Å²) in [5.41, 5.74) is 2.92. The van der Waals surface area contributed by atoms with Crippen molar-refractivity contribution >= 4 is 17.7 Å². The van der Waals surface area contributed by atoms with Gasteiger partial charge in [0.25, 0.3) is 5.91 Å². The van der Waals surface area contributed by atoms with E-state index in [1.165, 1.54) is 31.7 Å². The second-order valence-corrected chi connectivity index (χ2v) is 6.56. The number of hydrogen-bond donors (Lipinski definition) is 2. The van der Waals surface area contributed by atoms with Crippen molar-refractivity contribution in [1.82, 2.24) is 10.3 Å². The number of fused-ring (bicyclic) bond motifs is 1. The Kier molecular flexibility index (Phi) is 5.21. The normalized spacial score (nSPS) is 17.1. The number of nitrogens with one attached hydrogen (secondary N) is 2. The molecule has 2 atom stereocenters. The number of rotatable bonds is 5. The highest BCUT2D eigenvalue weighted by molar-refractivity contribution is 5.98. The van der Waals surface area contributed by atoms with Gasteiger partial charge in [-0.15, -0.1) is 0 Å². The van der Waals surface area contributed by atoms with Crippen LogP contribution in [0.5, 0.6) is 0 Å². The van der Waals surface area contributed by atoms with Crippen LogP contribution in [-0.4, -0.2) is 28.7 Å². The lowest BCUT2D eigenvalue weighted by molar-refractivity contribution is -0.130. The Morgan fingerprint density at radius 1 is 1.27 bits per heavy atom. The first-order valence-electron chi connectivity index (χ1n) is 8.74. The van der Waals surface area contributed by atoms with Crippen LogP contribution in [0.1, 0.15) is 64.7 Å². The number of amides is 1. The molecule has 0 unspecified atom stereocenters. The molecule has 1 amide bonds. The third-order valence-electron chi connectivity index (χ3n) is 4.65. The smallest absolute Gasteiger partial charge is 0.355 e. The van der Waals surface area contributed by atoms with Crippen molar-refractivity contribution in [3.8, 4) is 0 Å². The van der Waals surface area contributed by atoms with Crippen molar-refractivity contribution in [3.05, 3.63) is 58.9 Å². The van der Waals surface area contributed by atoms with Crippen LogP contribution in [0, 0.1) is 0 Å². The van der Waals surface area contributed by atoms with E-state index in [9.17, 15) is 14.4 Å². The molecular weight excluding hydrogens is 332 g/mol. The molecule has 1 aliphatic rings. The van der Waals surface area contributed by atoms with Gasteiger partial charge in [-0.05, 0) is 50.3 Å². The monoisotopic (exact) mass is 354 g/mol. The fourth-order valence-corrected chi connectivity index (χ4v) is 3.19. The van der Waals surface area contributed by atoms with Gasteiger partial charge in [0.15, 0.2) is 11.9 Å². The number of H-pyrrole nitrogens is 1. The van der Waals surface area contributed by atoms with E-state index < -0.39 is 12.1 Å².